The van der Waals surface area contributed by atoms with Crippen molar-refractivity contribution in [2.24, 2.45) is 0 Å². The summed E-state index contributed by atoms with van der Waals surface area (Å²) >= 11 is 0. The molecule has 1 aliphatic rings. The van der Waals surface area contributed by atoms with Gasteiger partial charge >= 0.3 is 0 Å². The third-order valence-electron chi connectivity index (χ3n) is 4.11. The quantitative estimate of drug-likeness (QED) is 0.668. The van der Waals surface area contributed by atoms with Crippen molar-refractivity contribution in [2.45, 2.75) is 18.8 Å². The minimum Gasteiger partial charge on any atom is -0.345 e. The first kappa shape index (κ1) is 11.7. The van der Waals surface area contributed by atoms with E-state index in [0.717, 1.165) is 24.1 Å². The van der Waals surface area contributed by atoms with E-state index in [-0.39, 0.29) is 0 Å². The zero-order chi connectivity index (χ0) is 13.4. The predicted octanol–water partition coefficient (Wildman–Crippen LogP) is 2.42. The highest BCUT2D eigenvalue weighted by Gasteiger charge is 2.20. The average molecular weight is 267 g/mol. The van der Waals surface area contributed by atoms with Crippen LogP contribution in [-0.4, -0.2) is 33.3 Å². The first-order valence-corrected chi connectivity index (χ1v) is 7.09. The summed E-state index contributed by atoms with van der Waals surface area (Å²) in [4.78, 5) is 7.43. The first-order chi connectivity index (χ1) is 9.92. The van der Waals surface area contributed by atoms with Gasteiger partial charge < -0.3 is 10.3 Å². The Morgan fingerprint density at radius 3 is 3.15 bits per heavy atom. The number of piperidine rings is 1. The highest BCUT2D eigenvalue weighted by Crippen LogP contribution is 2.32. The minimum atomic E-state index is 0.527. The Morgan fingerprint density at radius 2 is 2.25 bits per heavy atom. The Bertz CT molecular complexity index is 721. The van der Waals surface area contributed by atoms with E-state index in [1.165, 1.54) is 29.7 Å². The molecule has 2 aromatic heterocycles. The zero-order valence-corrected chi connectivity index (χ0v) is 11.2. The molecule has 1 aliphatic heterocycles. The molecule has 0 amide bonds. The van der Waals surface area contributed by atoms with Gasteiger partial charge in [-0.3, -0.25) is 5.10 Å². The van der Waals surface area contributed by atoms with Crippen LogP contribution in [0.3, 0.4) is 0 Å². The number of rotatable bonds is 2. The molecule has 3 heterocycles. The fourth-order valence-corrected chi connectivity index (χ4v) is 3.04. The number of nitrogens with one attached hydrogen (secondary N) is 3. The van der Waals surface area contributed by atoms with E-state index in [1.54, 1.807) is 6.33 Å². The number of hydrogen-bond donors (Lipinski definition) is 3. The molecule has 0 radical (unpaired) electrons. The Labute approximate surface area is 116 Å². The van der Waals surface area contributed by atoms with E-state index < -0.39 is 0 Å². The molecule has 1 aromatic carbocycles. The zero-order valence-electron chi connectivity index (χ0n) is 11.2. The molecule has 0 bridgehead atoms. The molecule has 1 unspecified atom stereocenters. The molecule has 0 aliphatic carbocycles. The van der Waals surface area contributed by atoms with Crippen LogP contribution in [0, 0.1) is 0 Å². The van der Waals surface area contributed by atoms with Gasteiger partial charge in [0.15, 0.2) is 0 Å². The van der Waals surface area contributed by atoms with Crippen LogP contribution in [0.25, 0.3) is 22.2 Å². The SMILES string of the molecule is c1nc2ccc(-c3cn[nH]c3C3CCCNC3)cc2[nH]1. The Hall–Kier alpha value is -2.14. The van der Waals surface area contributed by atoms with Crippen molar-refractivity contribution < 1.29 is 0 Å². The van der Waals surface area contributed by atoms with Crippen LogP contribution in [0.4, 0.5) is 0 Å². The van der Waals surface area contributed by atoms with Crippen molar-refractivity contribution in [1.82, 2.24) is 25.5 Å². The lowest BCUT2D eigenvalue weighted by molar-refractivity contribution is 0.455. The molecule has 5 heteroatoms. The molecule has 20 heavy (non-hydrogen) atoms. The van der Waals surface area contributed by atoms with Gasteiger partial charge in [-0.2, -0.15) is 5.10 Å². The molecule has 5 nitrogen and oxygen atoms in total. The molecule has 1 fully saturated rings. The second-order valence-corrected chi connectivity index (χ2v) is 5.38. The van der Waals surface area contributed by atoms with Crippen molar-refractivity contribution in [1.29, 1.82) is 0 Å². The smallest absolute Gasteiger partial charge is 0.0931 e. The lowest BCUT2D eigenvalue weighted by Gasteiger charge is -2.22. The summed E-state index contributed by atoms with van der Waals surface area (Å²) in [5, 5.41) is 10.9. The van der Waals surface area contributed by atoms with Crippen molar-refractivity contribution >= 4 is 11.0 Å². The van der Waals surface area contributed by atoms with Gasteiger partial charge in [-0.15, -0.1) is 0 Å². The second kappa shape index (κ2) is 4.76. The standard InChI is InChI=1S/C15H17N5/c1-2-11(7-16-5-1)15-12(8-19-20-15)10-3-4-13-14(6-10)18-9-17-13/h3-4,6,8-9,11,16H,1-2,5,7H2,(H,17,18)(H,19,20). The summed E-state index contributed by atoms with van der Waals surface area (Å²) in [5.74, 6) is 0.527. The molecule has 0 spiro atoms. The largest absolute Gasteiger partial charge is 0.345 e. The first-order valence-electron chi connectivity index (χ1n) is 7.09. The monoisotopic (exact) mass is 267 g/mol. The van der Waals surface area contributed by atoms with Crippen LogP contribution in [0.2, 0.25) is 0 Å². The Morgan fingerprint density at radius 1 is 1.25 bits per heavy atom. The average Bonchev–Trinajstić information content (AvgIpc) is 3.16. The van der Waals surface area contributed by atoms with E-state index in [4.69, 9.17) is 0 Å². The normalized spacial score (nSPS) is 19.5. The highest BCUT2D eigenvalue weighted by molar-refractivity contribution is 5.82. The van der Waals surface area contributed by atoms with Crippen molar-refractivity contribution in [3.63, 3.8) is 0 Å². The van der Waals surface area contributed by atoms with E-state index in [1.807, 2.05) is 6.20 Å². The highest BCUT2D eigenvalue weighted by atomic mass is 15.1. The van der Waals surface area contributed by atoms with Crippen LogP contribution < -0.4 is 5.32 Å². The number of nitrogens with zero attached hydrogens (tertiary/aromatic N) is 2. The molecule has 0 saturated carbocycles. The van der Waals surface area contributed by atoms with Crippen LogP contribution in [0.1, 0.15) is 24.5 Å². The molecular formula is C15H17N5. The minimum absolute atomic E-state index is 0.527. The molecular weight excluding hydrogens is 250 g/mol. The molecule has 4 rings (SSSR count). The van der Waals surface area contributed by atoms with Crippen molar-refractivity contribution in [3.05, 3.63) is 36.4 Å². The predicted molar refractivity (Wildman–Crippen MR) is 78.5 cm³/mol. The molecule has 102 valence electrons. The maximum absolute atomic E-state index is 4.26. The third kappa shape index (κ3) is 1.91. The number of aromatic nitrogens is 4. The Kier molecular flexibility index (Phi) is 2.77. The fourth-order valence-electron chi connectivity index (χ4n) is 3.04. The molecule has 1 saturated heterocycles. The van der Waals surface area contributed by atoms with Crippen molar-refractivity contribution in [2.75, 3.05) is 13.1 Å². The number of fused-ring (bicyclic) bond motifs is 1. The van der Waals surface area contributed by atoms with E-state index >= 15 is 0 Å². The summed E-state index contributed by atoms with van der Waals surface area (Å²) in [5.41, 5.74) is 5.71. The van der Waals surface area contributed by atoms with Gasteiger partial charge in [0, 0.05) is 23.7 Å². The van der Waals surface area contributed by atoms with E-state index in [2.05, 4.69) is 43.7 Å². The molecule has 3 N–H and O–H groups in total. The summed E-state index contributed by atoms with van der Waals surface area (Å²) in [6.45, 7) is 2.15. The maximum atomic E-state index is 4.26. The van der Waals surface area contributed by atoms with Crippen LogP contribution in [0.15, 0.2) is 30.7 Å². The summed E-state index contributed by atoms with van der Waals surface area (Å²) in [6, 6.07) is 6.32. The van der Waals surface area contributed by atoms with E-state index in [9.17, 15) is 0 Å². The fraction of sp³-hybridized carbons (Fsp3) is 0.333. The van der Waals surface area contributed by atoms with Crippen molar-refractivity contribution in [3.8, 4) is 11.1 Å². The van der Waals surface area contributed by atoms with Gasteiger partial charge in [0.25, 0.3) is 0 Å². The number of benzene rings is 1. The van der Waals surface area contributed by atoms with Gasteiger partial charge in [-0.05, 0) is 37.1 Å². The summed E-state index contributed by atoms with van der Waals surface area (Å²) < 4.78 is 0. The third-order valence-corrected chi connectivity index (χ3v) is 4.11. The molecule has 1 atom stereocenters. The Balaban J connectivity index is 1.75. The summed E-state index contributed by atoms with van der Waals surface area (Å²) in [6.07, 6.45) is 6.11. The van der Waals surface area contributed by atoms with Crippen LogP contribution in [0.5, 0.6) is 0 Å². The summed E-state index contributed by atoms with van der Waals surface area (Å²) in [7, 11) is 0. The maximum Gasteiger partial charge on any atom is 0.0931 e. The van der Waals surface area contributed by atoms with Gasteiger partial charge in [-0.25, -0.2) is 4.98 Å². The second-order valence-electron chi connectivity index (χ2n) is 5.38. The van der Waals surface area contributed by atoms with Gasteiger partial charge in [0.1, 0.15) is 0 Å². The number of hydrogen-bond acceptors (Lipinski definition) is 3. The number of imidazole rings is 1. The number of aromatic amines is 2. The lowest BCUT2D eigenvalue weighted by Crippen LogP contribution is -2.28. The van der Waals surface area contributed by atoms with Gasteiger partial charge in [0.2, 0.25) is 0 Å². The topological polar surface area (TPSA) is 69.4 Å². The molecule has 3 aromatic rings. The van der Waals surface area contributed by atoms with E-state index in [0.29, 0.717) is 5.92 Å². The van der Waals surface area contributed by atoms with Crippen LogP contribution in [-0.2, 0) is 0 Å². The number of H-pyrrole nitrogens is 2. The lowest BCUT2D eigenvalue weighted by atomic mass is 9.91. The van der Waals surface area contributed by atoms with Gasteiger partial charge in [0.05, 0.1) is 23.6 Å². The van der Waals surface area contributed by atoms with Crippen LogP contribution >= 0.6 is 0 Å². The van der Waals surface area contributed by atoms with Gasteiger partial charge in [-0.1, -0.05) is 6.07 Å².